The third-order valence-electron chi connectivity index (χ3n) is 4.22. The molecular weight excluding hydrogens is 358 g/mol. The Balaban J connectivity index is 1.69. The zero-order chi connectivity index (χ0) is 16.4. The van der Waals surface area contributed by atoms with E-state index in [0.717, 1.165) is 35.2 Å². The summed E-state index contributed by atoms with van der Waals surface area (Å²) in [6, 6.07) is 7.98. The molecule has 0 spiro atoms. The van der Waals surface area contributed by atoms with Crippen LogP contribution >= 0.6 is 15.9 Å². The molecule has 1 aliphatic rings. The van der Waals surface area contributed by atoms with Crippen LogP contribution in [0.3, 0.4) is 0 Å². The van der Waals surface area contributed by atoms with Crippen LogP contribution in [0.5, 0.6) is 0 Å². The highest BCUT2D eigenvalue weighted by Gasteiger charge is 2.29. The van der Waals surface area contributed by atoms with Gasteiger partial charge in [-0.2, -0.15) is 5.10 Å². The van der Waals surface area contributed by atoms with Gasteiger partial charge >= 0.3 is 5.97 Å². The van der Waals surface area contributed by atoms with E-state index in [1.807, 2.05) is 41.3 Å². The number of rotatable bonds is 4. The van der Waals surface area contributed by atoms with Gasteiger partial charge in [0.15, 0.2) is 0 Å². The molecule has 2 aromatic rings. The number of aromatic nitrogens is 2. The number of hydrogen-bond acceptors (Lipinski definition) is 3. The zero-order valence-electron chi connectivity index (χ0n) is 13.0. The number of likely N-dealkylation sites (tertiary alicyclic amines) is 1. The molecule has 0 radical (unpaired) electrons. The molecule has 2 heterocycles. The molecule has 1 aromatic heterocycles. The number of carboxylic acid groups (broad SMARTS) is 1. The minimum Gasteiger partial charge on any atom is -0.481 e. The Morgan fingerprint density at radius 1 is 1.35 bits per heavy atom. The lowest BCUT2D eigenvalue weighted by molar-refractivity contribution is -0.144. The first-order chi connectivity index (χ1) is 11.0. The van der Waals surface area contributed by atoms with Crippen LogP contribution in [-0.4, -0.2) is 38.8 Å². The summed E-state index contributed by atoms with van der Waals surface area (Å²) in [6.45, 7) is 4.41. The van der Waals surface area contributed by atoms with Gasteiger partial charge in [0, 0.05) is 35.9 Å². The lowest BCUT2D eigenvalue weighted by atomic mass is 9.90. The van der Waals surface area contributed by atoms with Gasteiger partial charge < -0.3 is 5.11 Å². The highest BCUT2D eigenvalue weighted by molar-refractivity contribution is 9.10. The van der Waals surface area contributed by atoms with Crippen LogP contribution in [0.25, 0.3) is 5.69 Å². The van der Waals surface area contributed by atoms with Crippen molar-refractivity contribution in [3.63, 3.8) is 0 Å². The molecule has 1 aliphatic heterocycles. The van der Waals surface area contributed by atoms with Crippen molar-refractivity contribution in [1.82, 2.24) is 14.7 Å². The number of carboxylic acids is 1. The molecule has 3 rings (SSSR count). The van der Waals surface area contributed by atoms with Crippen molar-refractivity contribution in [3.8, 4) is 5.69 Å². The normalized spacial score (nSPS) is 22.2. The number of aliphatic carboxylic acids is 1. The molecule has 1 saturated heterocycles. The van der Waals surface area contributed by atoms with Crippen molar-refractivity contribution in [2.45, 2.75) is 19.9 Å². The van der Waals surface area contributed by atoms with Crippen LogP contribution in [0.1, 0.15) is 18.9 Å². The summed E-state index contributed by atoms with van der Waals surface area (Å²) in [5, 5.41) is 13.7. The zero-order valence-corrected chi connectivity index (χ0v) is 14.6. The predicted molar refractivity (Wildman–Crippen MR) is 91.4 cm³/mol. The van der Waals surface area contributed by atoms with Gasteiger partial charge in [0.2, 0.25) is 0 Å². The Kier molecular flexibility index (Phi) is 4.82. The van der Waals surface area contributed by atoms with E-state index >= 15 is 0 Å². The van der Waals surface area contributed by atoms with Crippen molar-refractivity contribution in [3.05, 3.63) is 46.7 Å². The molecule has 2 unspecified atom stereocenters. The average Bonchev–Trinajstić information content (AvgIpc) is 2.95. The van der Waals surface area contributed by atoms with Gasteiger partial charge in [-0.15, -0.1) is 0 Å². The van der Waals surface area contributed by atoms with Gasteiger partial charge in [0.05, 0.1) is 17.8 Å². The molecule has 1 fully saturated rings. The molecule has 0 aliphatic carbocycles. The molecule has 1 N–H and O–H groups in total. The van der Waals surface area contributed by atoms with Crippen molar-refractivity contribution >= 4 is 21.9 Å². The maximum Gasteiger partial charge on any atom is 0.307 e. The highest BCUT2D eigenvalue weighted by Crippen LogP contribution is 2.23. The Morgan fingerprint density at radius 2 is 2.09 bits per heavy atom. The van der Waals surface area contributed by atoms with Gasteiger partial charge in [-0.05, 0) is 36.6 Å². The van der Waals surface area contributed by atoms with E-state index in [2.05, 4.69) is 32.9 Å². The largest absolute Gasteiger partial charge is 0.481 e. The van der Waals surface area contributed by atoms with Crippen LogP contribution in [-0.2, 0) is 11.3 Å². The lowest BCUT2D eigenvalue weighted by Gasteiger charge is -2.34. The summed E-state index contributed by atoms with van der Waals surface area (Å²) in [6.07, 6.45) is 4.64. The molecule has 5 nitrogen and oxygen atoms in total. The van der Waals surface area contributed by atoms with Crippen molar-refractivity contribution in [1.29, 1.82) is 0 Å². The second kappa shape index (κ2) is 6.84. The van der Waals surface area contributed by atoms with Crippen molar-refractivity contribution in [2.75, 3.05) is 13.1 Å². The third-order valence-corrected chi connectivity index (χ3v) is 4.75. The fraction of sp³-hybridized carbons (Fsp3) is 0.412. The molecule has 122 valence electrons. The number of carbonyl (C=O) groups is 1. The van der Waals surface area contributed by atoms with Crippen LogP contribution in [0.4, 0.5) is 0 Å². The maximum absolute atomic E-state index is 11.3. The number of halogens is 1. The Bertz CT molecular complexity index is 683. The summed E-state index contributed by atoms with van der Waals surface area (Å²) in [5.74, 6) is -0.543. The first kappa shape index (κ1) is 16.2. The topological polar surface area (TPSA) is 58.4 Å². The maximum atomic E-state index is 11.3. The molecule has 0 saturated carbocycles. The highest BCUT2D eigenvalue weighted by atomic mass is 79.9. The van der Waals surface area contributed by atoms with E-state index in [4.69, 9.17) is 0 Å². The summed E-state index contributed by atoms with van der Waals surface area (Å²) >= 11 is 3.43. The van der Waals surface area contributed by atoms with Gasteiger partial charge in [-0.1, -0.05) is 22.9 Å². The molecule has 1 aromatic carbocycles. The monoisotopic (exact) mass is 377 g/mol. The van der Waals surface area contributed by atoms with E-state index in [1.54, 1.807) is 0 Å². The lowest BCUT2D eigenvalue weighted by Crippen LogP contribution is -2.41. The minimum absolute atomic E-state index is 0.264. The second-order valence-corrected chi connectivity index (χ2v) is 7.26. The van der Waals surface area contributed by atoms with Gasteiger partial charge in [0.25, 0.3) is 0 Å². The molecule has 2 atom stereocenters. The van der Waals surface area contributed by atoms with Crippen molar-refractivity contribution < 1.29 is 9.90 Å². The smallest absolute Gasteiger partial charge is 0.307 e. The quantitative estimate of drug-likeness (QED) is 0.888. The molecular formula is C17H20BrN3O2. The van der Waals surface area contributed by atoms with Crippen LogP contribution in [0.15, 0.2) is 41.1 Å². The molecule has 0 bridgehead atoms. The van der Waals surface area contributed by atoms with Gasteiger partial charge in [0.1, 0.15) is 0 Å². The molecule has 6 heteroatoms. The number of nitrogens with zero attached hydrogens (tertiary/aromatic N) is 3. The second-order valence-electron chi connectivity index (χ2n) is 6.34. The van der Waals surface area contributed by atoms with E-state index in [0.29, 0.717) is 12.5 Å². The predicted octanol–water partition coefficient (Wildman–Crippen LogP) is 3.18. The van der Waals surface area contributed by atoms with Crippen LogP contribution in [0.2, 0.25) is 0 Å². The molecule has 23 heavy (non-hydrogen) atoms. The Hall–Kier alpha value is -1.66. The van der Waals surface area contributed by atoms with E-state index < -0.39 is 5.97 Å². The van der Waals surface area contributed by atoms with Crippen LogP contribution in [0, 0.1) is 11.8 Å². The molecule has 0 amide bonds. The summed E-state index contributed by atoms with van der Waals surface area (Å²) in [5.41, 5.74) is 2.11. The van der Waals surface area contributed by atoms with E-state index in [-0.39, 0.29) is 5.92 Å². The van der Waals surface area contributed by atoms with Gasteiger partial charge in [-0.25, -0.2) is 4.68 Å². The van der Waals surface area contributed by atoms with Crippen LogP contribution < -0.4 is 0 Å². The van der Waals surface area contributed by atoms with E-state index in [9.17, 15) is 9.90 Å². The fourth-order valence-electron chi connectivity index (χ4n) is 3.20. The van der Waals surface area contributed by atoms with E-state index in [1.165, 1.54) is 0 Å². The average molecular weight is 378 g/mol. The minimum atomic E-state index is -0.688. The SMILES string of the molecule is CC1CC(C(=O)O)CN(Cc2cnn(-c3ccc(Br)cc3)c2)C1. The first-order valence-corrected chi connectivity index (χ1v) is 8.55. The summed E-state index contributed by atoms with van der Waals surface area (Å²) in [4.78, 5) is 13.5. The van der Waals surface area contributed by atoms with Gasteiger partial charge in [-0.3, -0.25) is 9.69 Å². The summed E-state index contributed by atoms with van der Waals surface area (Å²) < 4.78 is 2.89. The van der Waals surface area contributed by atoms with Crippen molar-refractivity contribution in [2.24, 2.45) is 11.8 Å². The number of benzene rings is 1. The Morgan fingerprint density at radius 3 is 2.78 bits per heavy atom. The first-order valence-electron chi connectivity index (χ1n) is 7.76. The number of hydrogen-bond donors (Lipinski definition) is 1. The number of piperidine rings is 1. The standard InChI is InChI=1S/C17H20BrN3O2/c1-12-6-14(17(22)23)11-20(8-12)9-13-7-19-21(10-13)16-4-2-15(18)3-5-16/h2-5,7,10,12,14H,6,8-9,11H2,1H3,(H,22,23). The Labute approximate surface area is 144 Å². The summed E-state index contributed by atoms with van der Waals surface area (Å²) in [7, 11) is 0. The fourth-order valence-corrected chi connectivity index (χ4v) is 3.47. The third kappa shape index (κ3) is 4.00.